The van der Waals surface area contributed by atoms with Crippen molar-refractivity contribution in [3.63, 3.8) is 0 Å². The average molecular weight is 236 g/mol. The van der Waals surface area contributed by atoms with Gasteiger partial charge >= 0.3 is 6.09 Å². The van der Waals surface area contributed by atoms with Crippen molar-refractivity contribution in [3.05, 3.63) is 0 Å². The van der Waals surface area contributed by atoms with Crippen LogP contribution < -0.4 is 11.1 Å². The molecule has 0 aliphatic heterocycles. The molecule has 16 heavy (non-hydrogen) atoms. The van der Waals surface area contributed by atoms with Crippen molar-refractivity contribution in [1.82, 2.24) is 5.32 Å². The van der Waals surface area contributed by atoms with Gasteiger partial charge in [-0.05, 0) is 20.8 Å². The number of carbonyl (C=O) groups excluding carboxylic acids is 1. The summed E-state index contributed by atoms with van der Waals surface area (Å²) in [6, 6.07) is 0. The summed E-state index contributed by atoms with van der Waals surface area (Å²) in [7, 11) is 0. The Labute approximate surface area is 93.5 Å². The molecule has 0 bridgehead atoms. The van der Waals surface area contributed by atoms with Crippen LogP contribution in [0, 0.1) is 0 Å². The summed E-state index contributed by atoms with van der Waals surface area (Å²) >= 11 is 0. The van der Waals surface area contributed by atoms with Crippen molar-refractivity contribution in [1.29, 1.82) is 0 Å². The largest absolute Gasteiger partial charge is 0.444 e. The van der Waals surface area contributed by atoms with Gasteiger partial charge in [-0.2, -0.15) is 0 Å². The minimum atomic E-state index is -2.69. The monoisotopic (exact) mass is 236 g/mol. The first-order valence-corrected chi connectivity index (χ1v) is 5.15. The maximum atomic E-state index is 12.6. The zero-order chi connectivity index (χ0) is 12.6. The molecule has 0 radical (unpaired) electrons. The van der Waals surface area contributed by atoms with Crippen LogP contribution in [-0.2, 0) is 4.74 Å². The molecule has 1 amide bonds. The predicted octanol–water partition coefficient (Wildman–Crippen LogP) is 1.64. The van der Waals surface area contributed by atoms with Crippen LogP contribution in [0.15, 0.2) is 0 Å². The summed E-state index contributed by atoms with van der Waals surface area (Å²) in [5.41, 5.74) is 4.04. The van der Waals surface area contributed by atoms with Gasteiger partial charge in [-0.3, -0.25) is 0 Å². The van der Waals surface area contributed by atoms with Crippen LogP contribution in [-0.4, -0.2) is 29.7 Å². The number of hydrogen-bond donors (Lipinski definition) is 2. The van der Waals surface area contributed by atoms with Crippen LogP contribution in [0.2, 0.25) is 0 Å². The molecule has 0 spiro atoms. The Morgan fingerprint density at radius 2 is 1.94 bits per heavy atom. The third-order valence-corrected chi connectivity index (χ3v) is 2.21. The third-order valence-electron chi connectivity index (χ3n) is 2.21. The van der Waals surface area contributed by atoms with Gasteiger partial charge in [-0.1, -0.05) is 0 Å². The molecule has 1 rings (SSSR count). The van der Waals surface area contributed by atoms with Gasteiger partial charge < -0.3 is 15.8 Å². The number of alkyl carbamates (subject to hydrolysis) is 1. The SMILES string of the molecule is CC(C)(C)OC(=O)NCC1(N)CC(F)(F)C1. The van der Waals surface area contributed by atoms with E-state index in [-0.39, 0.29) is 6.54 Å². The van der Waals surface area contributed by atoms with Crippen LogP contribution in [0.1, 0.15) is 33.6 Å². The highest BCUT2D eigenvalue weighted by Crippen LogP contribution is 2.43. The molecule has 1 aliphatic carbocycles. The number of ether oxygens (including phenoxy) is 1. The number of hydrogen-bond acceptors (Lipinski definition) is 3. The first-order valence-electron chi connectivity index (χ1n) is 5.15. The summed E-state index contributed by atoms with van der Waals surface area (Å²) in [4.78, 5) is 11.2. The van der Waals surface area contributed by atoms with Gasteiger partial charge in [0.05, 0.1) is 0 Å². The summed E-state index contributed by atoms with van der Waals surface area (Å²) in [5, 5.41) is 2.40. The van der Waals surface area contributed by atoms with E-state index in [1.165, 1.54) is 0 Å². The predicted molar refractivity (Wildman–Crippen MR) is 55.3 cm³/mol. The molecule has 6 heteroatoms. The van der Waals surface area contributed by atoms with E-state index in [0.717, 1.165) is 0 Å². The van der Waals surface area contributed by atoms with Crippen LogP contribution in [0.4, 0.5) is 13.6 Å². The molecule has 94 valence electrons. The standard InChI is InChI=1S/C10H18F2N2O2/c1-8(2,3)16-7(15)14-6-9(13)4-10(11,12)5-9/h4-6,13H2,1-3H3,(H,14,15). The van der Waals surface area contributed by atoms with Crippen LogP contribution in [0.25, 0.3) is 0 Å². The molecule has 0 aromatic carbocycles. The second-order valence-corrected chi connectivity index (χ2v) is 5.43. The fraction of sp³-hybridized carbons (Fsp3) is 0.900. The summed E-state index contributed by atoms with van der Waals surface area (Å²) < 4.78 is 30.2. The first-order chi connectivity index (χ1) is 7.02. The Hall–Kier alpha value is -0.910. The topological polar surface area (TPSA) is 64.3 Å². The van der Waals surface area contributed by atoms with E-state index in [1.807, 2.05) is 0 Å². The number of carbonyl (C=O) groups is 1. The van der Waals surface area contributed by atoms with Crippen molar-refractivity contribution in [2.75, 3.05) is 6.54 Å². The van der Waals surface area contributed by atoms with E-state index in [2.05, 4.69) is 5.32 Å². The maximum Gasteiger partial charge on any atom is 0.407 e. The van der Waals surface area contributed by atoms with Crippen molar-refractivity contribution >= 4 is 6.09 Å². The quantitative estimate of drug-likeness (QED) is 0.766. The lowest BCUT2D eigenvalue weighted by Crippen LogP contribution is -2.63. The van der Waals surface area contributed by atoms with E-state index in [4.69, 9.17) is 10.5 Å². The third kappa shape index (κ3) is 3.92. The summed E-state index contributed by atoms with van der Waals surface area (Å²) in [5.74, 6) is -2.69. The van der Waals surface area contributed by atoms with E-state index < -0.39 is 36.0 Å². The van der Waals surface area contributed by atoms with Crippen LogP contribution in [0.5, 0.6) is 0 Å². The molecule has 0 aromatic heterocycles. The van der Waals surface area contributed by atoms with E-state index in [0.29, 0.717) is 0 Å². The highest BCUT2D eigenvalue weighted by molar-refractivity contribution is 5.67. The highest BCUT2D eigenvalue weighted by Gasteiger charge is 2.54. The van der Waals surface area contributed by atoms with Gasteiger partial charge in [0.2, 0.25) is 0 Å². The lowest BCUT2D eigenvalue weighted by molar-refractivity contribution is -0.120. The van der Waals surface area contributed by atoms with Crippen LogP contribution in [0.3, 0.4) is 0 Å². The van der Waals surface area contributed by atoms with E-state index in [1.54, 1.807) is 20.8 Å². The molecule has 0 heterocycles. The molecular formula is C10H18F2N2O2. The maximum absolute atomic E-state index is 12.6. The number of halogens is 2. The van der Waals surface area contributed by atoms with Gasteiger partial charge in [-0.25, -0.2) is 13.6 Å². The molecular weight excluding hydrogens is 218 g/mol. The molecule has 1 saturated carbocycles. The molecule has 0 atom stereocenters. The fourth-order valence-electron chi connectivity index (χ4n) is 1.67. The number of rotatable bonds is 2. The Morgan fingerprint density at radius 1 is 1.44 bits per heavy atom. The Kier molecular flexibility index (Phi) is 3.15. The Balaban J connectivity index is 2.28. The van der Waals surface area contributed by atoms with Crippen molar-refractivity contribution < 1.29 is 18.3 Å². The number of nitrogens with two attached hydrogens (primary N) is 1. The molecule has 3 N–H and O–H groups in total. The molecule has 0 aromatic rings. The van der Waals surface area contributed by atoms with Gasteiger partial charge in [0, 0.05) is 24.9 Å². The molecule has 1 aliphatic rings. The van der Waals surface area contributed by atoms with Crippen molar-refractivity contribution in [3.8, 4) is 0 Å². The zero-order valence-corrected chi connectivity index (χ0v) is 9.77. The van der Waals surface area contributed by atoms with Crippen molar-refractivity contribution in [2.24, 2.45) is 5.73 Å². The normalized spacial score (nSPS) is 22.1. The number of nitrogens with one attached hydrogen (secondary N) is 1. The Bertz CT molecular complexity index is 279. The minimum absolute atomic E-state index is 0.0114. The van der Waals surface area contributed by atoms with Crippen molar-refractivity contribution in [2.45, 2.75) is 50.7 Å². The van der Waals surface area contributed by atoms with Gasteiger partial charge in [0.25, 0.3) is 5.92 Å². The number of amides is 1. The molecule has 1 fully saturated rings. The fourth-order valence-corrected chi connectivity index (χ4v) is 1.67. The lowest BCUT2D eigenvalue weighted by Gasteiger charge is -2.44. The number of alkyl halides is 2. The highest BCUT2D eigenvalue weighted by atomic mass is 19.3. The summed E-state index contributed by atoms with van der Waals surface area (Å²) in [6.45, 7) is 5.18. The van der Waals surface area contributed by atoms with Gasteiger partial charge in [0.1, 0.15) is 5.60 Å². The smallest absolute Gasteiger partial charge is 0.407 e. The lowest BCUT2D eigenvalue weighted by atomic mass is 9.74. The van der Waals surface area contributed by atoms with Gasteiger partial charge in [0.15, 0.2) is 0 Å². The molecule has 0 saturated heterocycles. The van der Waals surface area contributed by atoms with E-state index in [9.17, 15) is 13.6 Å². The molecule has 4 nitrogen and oxygen atoms in total. The second kappa shape index (κ2) is 3.84. The Morgan fingerprint density at radius 3 is 2.31 bits per heavy atom. The molecule has 0 unspecified atom stereocenters. The van der Waals surface area contributed by atoms with Crippen LogP contribution >= 0.6 is 0 Å². The zero-order valence-electron chi connectivity index (χ0n) is 9.77. The van der Waals surface area contributed by atoms with Gasteiger partial charge in [-0.15, -0.1) is 0 Å². The first kappa shape index (κ1) is 13.2. The van der Waals surface area contributed by atoms with E-state index >= 15 is 0 Å². The second-order valence-electron chi connectivity index (χ2n) is 5.43. The minimum Gasteiger partial charge on any atom is -0.444 e. The average Bonchev–Trinajstić information content (AvgIpc) is 1.93. The summed E-state index contributed by atoms with van der Waals surface area (Å²) in [6.07, 6.45) is -1.42.